The molecule has 2 N–H and O–H groups in total. The van der Waals surface area contributed by atoms with Gasteiger partial charge in [0.25, 0.3) is 0 Å². The molecule has 1 saturated carbocycles. The van der Waals surface area contributed by atoms with Crippen LogP contribution in [0.3, 0.4) is 0 Å². The number of sulfone groups is 1. The number of rotatable bonds is 3. The molecule has 0 aromatic heterocycles. The van der Waals surface area contributed by atoms with E-state index in [2.05, 4.69) is 0 Å². The number of nitrogen functional groups attached to an aromatic ring is 1. The van der Waals surface area contributed by atoms with E-state index in [0.29, 0.717) is 10.6 Å². The Hall–Kier alpha value is -1.07. The number of hydrogen-bond donors (Lipinski definition) is 1. The summed E-state index contributed by atoms with van der Waals surface area (Å²) < 4.78 is 31.4. The fourth-order valence-electron chi connectivity index (χ4n) is 3.69. The van der Waals surface area contributed by atoms with E-state index >= 15 is 0 Å². The first kappa shape index (κ1) is 14.9. The quantitative estimate of drug-likeness (QED) is 0.872. The topological polar surface area (TPSA) is 69.4 Å². The van der Waals surface area contributed by atoms with E-state index in [9.17, 15) is 8.42 Å². The predicted molar refractivity (Wildman–Crippen MR) is 83.0 cm³/mol. The fraction of sp³-hybridized carbons (Fsp3) is 0.625. The first-order chi connectivity index (χ1) is 9.90. The van der Waals surface area contributed by atoms with Gasteiger partial charge in [-0.05, 0) is 50.3 Å². The van der Waals surface area contributed by atoms with E-state index in [0.717, 1.165) is 31.2 Å². The number of ether oxygens (including phenoxy) is 1. The van der Waals surface area contributed by atoms with Gasteiger partial charge in [0.15, 0.2) is 9.84 Å². The minimum atomic E-state index is -3.35. The zero-order valence-electron chi connectivity index (χ0n) is 12.5. The molecule has 1 heterocycles. The van der Waals surface area contributed by atoms with Gasteiger partial charge in [-0.1, -0.05) is 18.9 Å². The zero-order chi connectivity index (χ0) is 15.1. The van der Waals surface area contributed by atoms with Gasteiger partial charge < -0.3 is 10.5 Å². The molecule has 0 amide bonds. The highest BCUT2D eigenvalue weighted by atomic mass is 32.2. The Bertz CT molecular complexity index is 633. The van der Waals surface area contributed by atoms with Crippen molar-refractivity contribution in [1.29, 1.82) is 0 Å². The first-order valence-corrected chi connectivity index (χ1v) is 9.32. The minimum absolute atomic E-state index is 0.0229. The normalized spacial score (nSPS) is 24.7. The van der Waals surface area contributed by atoms with Gasteiger partial charge in [0.1, 0.15) is 0 Å². The van der Waals surface area contributed by atoms with Crippen LogP contribution in [-0.4, -0.2) is 25.9 Å². The third-order valence-corrected chi connectivity index (χ3v) is 6.73. The van der Waals surface area contributed by atoms with E-state index in [-0.39, 0.29) is 17.5 Å². The summed E-state index contributed by atoms with van der Waals surface area (Å²) in [7, 11) is -3.35. The molecule has 1 aromatic carbocycles. The number of anilines is 1. The zero-order valence-corrected chi connectivity index (χ0v) is 13.3. The molecule has 5 heteroatoms. The molecule has 1 aliphatic heterocycles. The molecule has 1 spiro atoms. The number of aryl methyl sites for hydroxylation is 1. The van der Waals surface area contributed by atoms with Crippen LogP contribution in [0.5, 0.6) is 0 Å². The lowest BCUT2D eigenvalue weighted by Crippen LogP contribution is -2.28. The number of hydrogen-bond acceptors (Lipinski definition) is 4. The number of benzene rings is 1. The van der Waals surface area contributed by atoms with Crippen LogP contribution in [0.15, 0.2) is 23.1 Å². The lowest BCUT2D eigenvalue weighted by atomic mass is 9.98. The lowest BCUT2D eigenvalue weighted by Gasteiger charge is -2.23. The second kappa shape index (κ2) is 5.29. The van der Waals surface area contributed by atoms with E-state index in [4.69, 9.17) is 10.5 Å². The van der Waals surface area contributed by atoms with Crippen molar-refractivity contribution in [2.75, 3.05) is 11.5 Å². The van der Waals surface area contributed by atoms with E-state index in [1.807, 2.05) is 0 Å². The van der Waals surface area contributed by atoms with Crippen molar-refractivity contribution in [2.24, 2.45) is 0 Å². The van der Waals surface area contributed by atoms with Gasteiger partial charge in [0.2, 0.25) is 0 Å². The van der Waals surface area contributed by atoms with Crippen molar-refractivity contribution >= 4 is 15.5 Å². The molecule has 4 nitrogen and oxygen atoms in total. The second-order valence-electron chi connectivity index (χ2n) is 6.48. The van der Waals surface area contributed by atoms with Crippen LogP contribution in [0.4, 0.5) is 5.69 Å². The molecule has 1 saturated heterocycles. The summed E-state index contributed by atoms with van der Waals surface area (Å²) in [5.74, 6) is 0.0685. The maximum Gasteiger partial charge on any atom is 0.181 e. The van der Waals surface area contributed by atoms with Gasteiger partial charge in [0, 0.05) is 5.69 Å². The van der Waals surface area contributed by atoms with Crippen molar-refractivity contribution in [3.05, 3.63) is 23.8 Å². The summed E-state index contributed by atoms with van der Waals surface area (Å²) in [6.07, 6.45) is 6.25. The highest BCUT2D eigenvalue weighted by molar-refractivity contribution is 7.91. The Morgan fingerprint density at radius 1 is 1.29 bits per heavy atom. The molecular formula is C16H23NO3S. The van der Waals surface area contributed by atoms with Crippen LogP contribution >= 0.6 is 0 Å². The van der Waals surface area contributed by atoms with Crippen LogP contribution in [-0.2, 0) is 14.6 Å². The molecular weight excluding hydrogens is 286 g/mol. The average molecular weight is 309 g/mol. The summed E-state index contributed by atoms with van der Waals surface area (Å²) >= 11 is 0. The molecule has 1 aliphatic carbocycles. The van der Waals surface area contributed by atoms with Crippen molar-refractivity contribution in [3.8, 4) is 0 Å². The third kappa shape index (κ3) is 2.94. The maximum absolute atomic E-state index is 12.6. The highest BCUT2D eigenvalue weighted by Gasteiger charge is 2.43. The molecule has 0 bridgehead atoms. The fourth-order valence-corrected chi connectivity index (χ4v) is 5.46. The van der Waals surface area contributed by atoms with Crippen LogP contribution in [0.2, 0.25) is 0 Å². The number of nitrogens with two attached hydrogens (primary N) is 1. The standard InChI is InChI=1S/C16H23NO3S/c1-12-4-5-13(17)10-15(12)21(18,19)11-14-6-9-16(20-14)7-2-3-8-16/h4-5,10,14H,2-3,6-9,11,17H2,1H3. The molecule has 2 fully saturated rings. The van der Waals surface area contributed by atoms with Crippen LogP contribution in [0, 0.1) is 6.92 Å². The Balaban J connectivity index is 1.76. The van der Waals surface area contributed by atoms with Crippen LogP contribution < -0.4 is 5.73 Å². The summed E-state index contributed by atoms with van der Waals surface area (Å²) in [5, 5.41) is 0. The van der Waals surface area contributed by atoms with Gasteiger partial charge >= 0.3 is 0 Å². The smallest absolute Gasteiger partial charge is 0.181 e. The summed E-state index contributed by atoms with van der Waals surface area (Å²) in [4.78, 5) is 0.346. The molecule has 3 rings (SSSR count). The van der Waals surface area contributed by atoms with E-state index in [1.165, 1.54) is 12.8 Å². The maximum atomic E-state index is 12.6. The lowest BCUT2D eigenvalue weighted by molar-refractivity contribution is -0.0273. The molecule has 21 heavy (non-hydrogen) atoms. The van der Waals surface area contributed by atoms with Gasteiger partial charge in [-0.25, -0.2) is 8.42 Å². The van der Waals surface area contributed by atoms with E-state index < -0.39 is 9.84 Å². The second-order valence-corrected chi connectivity index (χ2v) is 8.48. The monoisotopic (exact) mass is 309 g/mol. The van der Waals surface area contributed by atoms with Crippen LogP contribution in [0.25, 0.3) is 0 Å². The average Bonchev–Trinajstić information content (AvgIpc) is 3.03. The molecule has 1 atom stereocenters. The van der Waals surface area contributed by atoms with Gasteiger partial charge in [-0.3, -0.25) is 0 Å². The van der Waals surface area contributed by atoms with E-state index in [1.54, 1.807) is 25.1 Å². The van der Waals surface area contributed by atoms with Crippen LogP contribution in [0.1, 0.15) is 44.1 Å². The third-order valence-electron chi connectivity index (χ3n) is 4.81. The molecule has 1 aromatic rings. The molecule has 2 aliphatic rings. The van der Waals surface area contributed by atoms with Gasteiger partial charge in [0.05, 0.1) is 22.4 Å². The van der Waals surface area contributed by atoms with Crippen molar-refractivity contribution in [2.45, 2.75) is 62.0 Å². The Morgan fingerprint density at radius 3 is 2.71 bits per heavy atom. The SMILES string of the molecule is Cc1ccc(N)cc1S(=O)(=O)CC1CCC2(CCCC2)O1. The minimum Gasteiger partial charge on any atom is -0.399 e. The molecule has 1 unspecified atom stereocenters. The molecule has 116 valence electrons. The highest BCUT2D eigenvalue weighted by Crippen LogP contribution is 2.43. The summed E-state index contributed by atoms with van der Waals surface area (Å²) in [6.45, 7) is 1.81. The first-order valence-electron chi connectivity index (χ1n) is 7.67. The van der Waals surface area contributed by atoms with Crippen molar-refractivity contribution in [1.82, 2.24) is 0 Å². The van der Waals surface area contributed by atoms with Gasteiger partial charge in [-0.15, -0.1) is 0 Å². The van der Waals surface area contributed by atoms with Crippen molar-refractivity contribution in [3.63, 3.8) is 0 Å². The largest absolute Gasteiger partial charge is 0.399 e. The van der Waals surface area contributed by atoms with Crippen molar-refractivity contribution < 1.29 is 13.2 Å². The Kier molecular flexibility index (Phi) is 3.74. The Labute approximate surface area is 126 Å². The summed E-state index contributed by atoms with van der Waals surface area (Å²) in [6, 6.07) is 5.05. The van der Waals surface area contributed by atoms with Gasteiger partial charge in [-0.2, -0.15) is 0 Å². The molecule has 0 radical (unpaired) electrons. The predicted octanol–water partition coefficient (Wildman–Crippen LogP) is 2.84. The Morgan fingerprint density at radius 2 is 2.00 bits per heavy atom. The summed E-state index contributed by atoms with van der Waals surface area (Å²) in [5.41, 5.74) is 6.94.